The van der Waals surface area contributed by atoms with Crippen molar-refractivity contribution in [1.29, 1.82) is 0 Å². The van der Waals surface area contributed by atoms with Crippen molar-refractivity contribution in [2.75, 3.05) is 0 Å². The van der Waals surface area contributed by atoms with E-state index in [2.05, 4.69) is 50.3 Å². The molecule has 0 saturated carbocycles. The molecule has 0 spiro atoms. The molecule has 118 valence electrons. The van der Waals surface area contributed by atoms with Gasteiger partial charge in [0.2, 0.25) is 0 Å². The third-order valence-corrected chi connectivity index (χ3v) is 4.28. The van der Waals surface area contributed by atoms with Crippen LogP contribution in [0, 0.1) is 5.92 Å². The van der Waals surface area contributed by atoms with Gasteiger partial charge in [0.25, 0.3) is 0 Å². The normalized spacial score (nSPS) is 20.8. The van der Waals surface area contributed by atoms with Crippen LogP contribution in [-0.4, -0.2) is 5.66 Å². The van der Waals surface area contributed by atoms with Crippen LogP contribution in [0.3, 0.4) is 0 Å². The fourth-order valence-corrected chi connectivity index (χ4v) is 3.09. The molecule has 0 fully saturated rings. The molecule has 0 radical (unpaired) electrons. The molecule has 1 aliphatic rings. The maximum absolute atomic E-state index is 6.55. The second kappa shape index (κ2) is 7.57. The Balaban J connectivity index is 2.25. The minimum atomic E-state index is -0.777. The number of nitrogens with two attached hydrogens (primary N) is 2. The predicted octanol–water partition coefficient (Wildman–Crippen LogP) is 4.40. The first-order chi connectivity index (χ1) is 10.6. The molecule has 22 heavy (non-hydrogen) atoms. The van der Waals surface area contributed by atoms with Crippen LogP contribution in [-0.2, 0) is 0 Å². The van der Waals surface area contributed by atoms with Crippen LogP contribution in [0.15, 0.2) is 59.7 Å². The third-order valence-electron chi connectivity index (χ3n) is 4.28. The molecule has 2 rings (SSSR count). The Morgan fingerprint density at radius 2 is 1.73 bits per heavy atom. The van der Waals surface area contributed by atoms with Crippen molar-refractivity contribution in [2.24, 2.45) is 17.4 Å². The summed E-state index contributed by atoms with van der Waals surface area (Å²) in [6, 6.07) is 10.3. The van der Waals surface area contributed by atoms with Gasteiger partial charge in [0.1, 0.15) is 0 Å². The zero-order valence-electron chi connectivity index (χ0n) is 13.8. The number of benzene rings is 1. The molecular formula is C20H28N2. The van der Waals surface area contributed by atoms with Gasteiger partial charge in [-0.05, 0) is 29.6 Å². The summed E-state index contributed by atoms with van der Waals surface area (Å²) in [6.45, 7) is 4.38. The Labute approximate surface area is 134 Å². The smallest absolute Gasteiger partial charge is 0.0964 e. The van der Waals surface area contributed by atoms with Crippen LogP contribution in [0.5, 0.6) is 0 Å². The summed E-state index contributed by atoms with van der Waals surface area (Å²) in [6.07, 6.45) is 12.8. The van der Waals surface area contributed by atoms with Crippen LogP contribution in [0.1, 0.15) is 45.1 Å². The van der Waals surface area contributed by atoms with Gasteiger partial charge in [0.15, 0.2) is 0 Å². The van der Waals surface area contributed by atoms with Crippen molar-refractivity contribution in [2.45, 2.75) is 45.2 Å². The van der Waals surface area contributed by atoms with E-state index in [1.54, 1.807) is 0 Å². The molecule has 1 atom stereocenters. The molecule has 1 aromatic rings. The van der Waals surface area contributed by atoms with Crippen molar-refractivity contribution in [3.8, 4) is 0 Å². The monoisotopic (exact) mass is 296 g/mol. The van der Waals surface area contributed by atoms with Crippen molar-refractivity contribution in [3.05, 3.63) is 65.3 Å². The summed E-state index contributed by atoms with van der Waals surface area (Å²) < 4.78 is 0. The summed E-state index contributed by atoms with van der Waals surface area (Å²) in [4.78, 5) is 0. The fraction of sp³-hybridized carbons (Fsp3) is 0.400. The van der Waals surface area contributed by atoms with Crippen molar-refractivity contribution in [1.82, 2.24) is 0 Å². The number of rotatable bonds is 6. The summed E-state index contributed by atoms with van der Waals surface area (Å²) >= 11 is 0. The molecule has 0 amide bonds. The van der Waals surface area contributed by atoms with Gasteiger partial charge in [-0.25, -0.2) is 0 Å². The molecule has 0 aliphatic heterocycles. The van der Waals surface area contributed by atoms with E-state index >= 15 is 0 Å². The topological polar surface area (TPSA) is 52.0 Å². The van der Waals surface area contributed by atoms with Gasteiger partial charge in [-0.15, -0.1) is 0 Å². The first kappa shape index (κ1) is 16.7. The number of allylic oxidation sites excluding steroid dienone is 2. The van der Waals surface area contributed by atoms with Crippen LogP contribution < -0.4 is 11.5 Å². The van der Waals surface area contributed by atoms with Gasteiger partial charge in [0, 0.05) is 5.92 Å². The van der Waals surface area contributed by atoms with E-state index < -0.39 is 5.66 Å². The standard InChI is InChI=1S/C20H28N2/c1-3-8-17-13-15-18(20(21,22)19(17)9-4-2)14-12-16-10-6-5-7-11-16/h5-7,10-15,18H,3-4,8-9,21-22H2,1-2H3. The van der Waals surface area contributed by atoms with Gasteiger partial charge in [0.05, 0.1) is 5.66 Å². The fourth-order valence-electron chi connectivity index (χ4n) is 3.09. The lowest BCUT2D eigenvalue weighted by Crippen LogP contribution is -2.57. The quantitative estimate of drug-likeness (QED) is 0.765. The molecule has 2 heteroatoms. The number of hydrogen-bond acceptors (Lipinski definition) is 2. The Hall–Kier alpha value is -1.64. The molecule has 0 aromatic heterocycles. The molecule has 0 heterocycles. The highest BCUT2D eigenvalue weighted by atomic mass is 15.0. The van der Waals surface area contributed by atoms with E-state index in [9.17, 15) is 0 Å². The minimum Gasteiger partial charge on any atom is -0.309 e. The zero-order chi connectivity index (χ0) is 16.0. The molecule has 0 saturated heterocycles. The highest BCUT2D eigenvalue weighted by Gasteiger charge is 2.34. The predicted molar refractivity (Wildman–Crippen MR) is 96.1 cm³/mol. The SMILES string of the molecule is CCCC1=C(CCC)C(N)(N)C(C=Cc2ccccc2)C=C1. The van der Waals surface area contributed by atoms with Crippen molar-refractivity contribution < 1.29 is 0 Å². The van der Waals surface area contributed by atoms with E-state index in [1.165, 1.54) is 16.7 Å². The Kier molecular flexibility index (Phi) is 5.76. The Morgan fingerprint density at radius 1 is 1.05 bits per heavy atom. The molecule has 4 N–H and O–H groups in total. The maximum atomic E-state index is 6.55. The van der Waals surface area contributed by atoms with Crippen LogP contribution in [0.4, 0.5) is 0 Å². The molecule has 1 aliphatic carbocycles. The van der Waals surface area contributed by atoms with Gasteiger partial charge < -0.3 is 11.5 Å². The van der Waals surface area contributed by atoms with Gasteiger partial charge in [-0.1, -0.05) is 81.3 Å². The zero-order valence-corrected chi connectivity index (χ0v) is 13.8. The van der Waals surface area contributed by atoms with Gasteiger partial charge >= 0.3 is 0 Å². The maximum Gasteiger partial charge on any atom is 0.0964 e. The van der Waals surface area contributed by atoms with Crippen molar-refractivity contribution >= 4 is 6.08 Å². The average molecular weight is 296 g/mol. The molecule has 0 bridgehead atoms. The van der Waals surface area contributed by atoms with Crippen molar-refractivity contribution in [3.63, 3.8) is 0 Å². The second-order valence-electron chi connectivity index (χ2n) is 6.09. The highest BCUT2D eigenvalue weighted by Crippen LogP contribution is 2.34. The summed E-state index contributed by atoms with van der Waals surface area (Å²) in [5.74, 6) is 0.0369. The van der Waals surface area contributed by atoms with Gasteiger partial charge in [-0.3, -0.25) is 0 Å². The molecule has 2 nitrogen and oxygen atoms in total. The molecule has 1 unspecified atom stereocenters. The average Bonchev–Trinajstić information content (AvgIpc) is 2.51. The Bertz CT molecular complexity index is 565. The van der Waals surface area contributed by atoms with E-state index in [-0.39, 0.29) is 5.92 Å². The summed E-state index contributed by atoms with van der Waals surface area (Å²) in [5, 5.41) is 0. The second-order valence-corrected chi connectivity index (χ2v) is 6.09. The highest BCUT2D eigenvalue weighted by molar-refractivity contribution is 5.52. The molecule has 1 aromatic carbocycles. The van der Waals surface area contributed by atoms with Crippen LogP contribution in [0.25, 0.3) is 6.08 Å². The van der Waals surface area contributed by atoms with E-state index in [4.69, 9.17) is 11.5 Å². The van der Waals surface area contributed by atoms with Gasteiger partial charge in [-0.2, -0.15) is 0 Å². The number of hydrogen-bond donors (Lipinski definition) is 2. The largest absolute Gasteiger partial charge is 0.309 e. The Morgan fingerprint density at radius 3 is 2.36 bits per heavy atom. The first-order valence-electron chi connectivity index (χ1n) is 8.31. The lowest BCUT2D eigenvalue weighted by atomic mass is 9.77. The van der Waals surface area contributed by atoms with Crippen LogP contribution >= 0.6 is 0 Å². The van der Waals surface area contributed by atoms with Crippen LogP contribution in [0.2, 0.25) is 0 Å². The van der Waals surface area contributed by atoms with E-state index in [0.29, 0.717) is 0 Å². The van der Waals surface area contributed by atoms with E-state index in [1.807, 2.05) is 18.2 Å². The molecular weight excluding hydrogens is 268 g/mol. The lowest BCUT2D eigenvalue weighted by molar-refractivity contribution is 0.419. The summed E-state index contributed by atoms with van der Waals surface area (Å²) in [5.41, 5.74) is 16.1. The summed E-state index contributed by atoms with van der Waals surface area (Å²) in [7, 11) is 0. The lowest BCUT2D eigenvalue weighted by Gasteiger charge is -2.37. The first-order valence-corrected chi connectivity index (χ1v) is 8.31. The minimum absolute atomic E-state index is 0.0369. The van der Waals surface area contributed by atoms with E-state index in [0.717, 1.165) is 25.7 Å². The third kappa shape index (κ3) is 3.76.